The molecule has 0 spiro atoms. The van der Waals surface area contributed by atoms with E-state index in [4.69, 9.17) is 21.4 Å². The van der Waals surface area contributed by atoms with Crippen LogP contribution in [-0.4, -0.2) is 41.4 Å². The molecule has 0 aliphatic carbocycles. The fraction of sp³-hybridized carbons (Fsp3) is 0.600. The fourth-order valence-electron chi connectivity index (χ4n) is 1.18. The van der Waals surface area contributed by atoms with Gasteiger partial charge in [0.15, 0.2) is 0 Å². The van der Waals surface area contributed by atoms with Crippen molar-refractivity contribution in [2.24, 2.45) is 0 Å². The molecule has 1 rings (SSSR count). The number of ether oxygens (including phenoxy) is 1. The van der Waals surface area contributed by atoms with Crippen molar-refractivity contribution in [2.75, 3.05) is 31.7 Å². The summed E-state index contributed by atoms with van der Waals surface area (Å²) in [6.45, 7) is 3.61. The molecule has 2 N–H and O–H groups in total. The van der Waals surface area contributed by atoms with Gasteiger partial charge in [-0.1, -0.05) is 11.6 Å². The summed E-state index contributed by atoms with van der Waals surface area (Å²) in [5.41, 5.74) is 0. The van der Waals surface area contributed by atoms with Crippen molar-refractivity contribution in [3.63, 3.8) is 0 Å². The number of rotatable bonds is 7. The first-order valence-corrected chi connectivity index (χ1v) is 5.54. The maximum Gasteiger partial charge on any atom is 0.134 e. The van der Waals surface area contributed by atoms with E-state index >= 15 is 0 Å². The molecule has 0 saturated heterocycles. The van der Waals surface area contributed by atoms with Crippen LogP contribution in [0.4, 0.5) is 5.82 Å². The Morgan fingerprint density at radius 3 is 2.94 bits per heavy atom. The van der Waals surface area contributed by atoms with E-state index in [0.717, 1.165) is 18.8 Å². The van der Waals surface area contributed by atoms with Gasteiger partial charge in [-0.2, -0.15) is 0 Å². The number of hydrogen-bond donors (Lipinski definition) is 2. The smallest absolute Gasteiger partial charge is 0.134 e. The highest BCUT2D eigenvalue weighted by atomic mass is 35.5. The zero-order valence-electron chi connectivity index (χ0n) is 9.24. The van der Waals surface area contributed by atoms with Gasteiger partial charge in [0.05, 0.1) is 13.2 Å². The zero-order chi connectivity index (χ0) is 11.8. The Labute approximate surface area is 99.8 Å². The van der Waals surface area contributed by atoms with E-state index < -0.39 is 0 Å². The minimum absolute atomic E-state index is 0.0636. The molecule has 0 radical (unpaired) electrons. The van der Waals surface area contributed by atoms with Gasteiger partial charge in [-0.15, -0.1) is 0 Å². The van der Waals surface area contributed by atoms with E-state index in [1.54, 1.807) is 13.0 Å². The standard InChI is InChI=1S/C10H16ClN3O2/c1-8-13-9(11)7-10(14-8)12-3-2-5-16-6-4-15/h7,15H,2-6H2,1H3,(H,12,13,14). The number of halogens is 1. The van der Waals surface area contributed by atoms with E-state index in [9.17, 15) is 0 Å². The number of aliphatic hydroxyl groups excluding tert-OH is 1. The van der Waals surface area contributed by atoms with E-state index in [1.165, 1.54) is 0 Å². The number of anilines is 1. The number of aliphatic hydroxyl groups is 1. The third kappa shape index (κ3) is 5.25. The molecule has 0 unspecified atom stereocenters. The minimum atomic E-state index is 0.0636. The molecular formula is C10H16ClN3O2. The topological polar surface area (TPSA) is 67.3 Å². The molecule has 1 aromatic rings. The summed E-state index contributed by atoms with van der Waals surface area (Å²) >= 11 is 5.79. The third-order valence-corrected chi connectivity index (χ3v) is 2.01. The third-order valence-electron chi connectivity index (χ3n) is 1.81. The van der Waals surface area contributed by atoms with Crippen molar-refractivity contribution in [1.29, 1.82) is 0 Å². The van der Waals surface area contributed by atoms with Gasteiger partial charge in [0.2, 0.25) is 0 Å². The van der Waals surface area contributed by atoms with Crippen molar-refractivity contribution < 1.29 is 9.84 Å². The molecular weight excluding hydrogens is 230 g/mol. The largest absolute Gasteiger partial charge is 0.394 e. The lowest BCUT2D eigenvalue weighted by Crippen LogP contribution is -2.09. The Kier molecular flexibility index (Phi) is 6.07. The molecule has 0 amide bonds. The molecule has 0 aliphatic heterocycles. The van der Waals surface area contributed by atoms with Gasteiger partial charge in [-0.25, -0.2) is 9.97 Å². The van der Waals surface area contributed by atoms with Crippen LogP contribution < -0.4 is 5.32 Å². The Balaban J connectivity index is 2.21. The van der Waals surface area contributed by atoms with E-state index in [0.29, 0.717) is 24.2 Å². The van der Waals surface area contributed by atoms with Crippen LogP contribution in [0.1, 0.15) is 12.2 Å². The molecule has 0 fully saturated rings. The summed E-state index contributed by atoms with van der Waals surface area (Å²) in [5, 5.41) is 12.1. The lowest BCUT2D eigenvalue weighted by atomic mass is 10.4. The highest BCUT2D eigenvalue weighted by Gasteiger charge is 1.98. The lowest BCUT2D eigenvalue weighted by Gasteiger charge is -2.06. The maximum absolute atomic E-state index is 8.49. The second-order valence-electron chi connectivity index (χ2n) is 3.24. The SMILES string of the molecule is Cc1nc(Cl)cc(NCCCOCCO)n1. The van der Waals surface area contributed by atoms with Crippen molar-refractivity contribution in [3.05, 3.63) is 17.0 Å². The predicted molar refractivity (Wildman–Crippen MR) is 62.8 cm³/mol. The lowest BCUT2D eigenvalue weighted by molar-refractivity contribution is 0.0922. The van der Waals surface area contributed by atoms with Gasteiger partial charge >= 0.3 is 0 Å². The average Bonchev–Trinajstić information content (AvgIpc) is 2.22. The van der Waals surface area contributed by atoms with E-state index in [1.807, 2.05) is 0 Å². The molecule has 0 saturated carbocycles. The second kappa shape index (κ2) is 7.38. The average molecular weight is 246 g/mol. The van der Waals surface area contributed by atoms with Crippen LogP contribution in [-0.2, 0) is 4.74 Å². The molecule has 1 heterocycles. The second-order valence-corrected chi connectivity index (χ2v) is 3.63. The van der Waals surface area contributed by atoms with Crippen molar-refractivity contribution in [1.82, 2.24) is 9.97 Å². The number of nitrogens with zero attached hydrogens (tertiary/aromatic N) is 2. The van der Waals surface area contributed by atoms with Crippen LogP contribution in [0.5, 0.6) is 0 Å². The first kappa shape index (κ1) is 13.2. The highest BCUT2D eigenvalue weighted by Crippen LogP contribution is 2.10. The molecule has 6 heteroatoms. The number of aryl methyl sites for hydroxylation is 1. The van der Waals surface area contributed by atoms with Crippen LogP contribution in [0.15, 0.2) is 6.07 Å². The van der Waals surface area contributed by atoms with Crippen molar-refractivity contribution in [3.8, 4) is 0 Å². The first-order chi connectivity index (χ1) is 7.72. The van der Waals surface area contributed by atoms with Gasteiger partial charge in [0.25, 0.3) is 0 Å². The molecule has 0 bridgehead atoms. The molecule has 1 aromatic heterocycles. The van der Waals surface area contributed by atoms with Gasteiger partial charge in [-0.05, 0) is 13.3 Å². The zero-order valence-corrected chi connectivity index (χ0v) is 10.00. The molecule has 90 valence electrons. The van der Waals surface area contributed by atoms with Crippen LogP contribution in [0.25, 0.3) is 0 Å². The molecule has 0 aromatic carbocycles. The minimum Gasteiger partial charge on any atom is -0.394 e. The van der Waals surface area contributed by atoms with Gasteiger partial charge in [0.1, 0.15) is 16.8 Å². The molecule has 0 atom stereocenters. The summed E-state index contributed by atoms with van der Waals surface area (Å²) in [6, 6.07) is 1.68. The normalized spacial score (nSPS) is 10.4. The molecule has 0 aliphatic rings. The number of nitrogens with one attached hydrogen (secondary N) is 1. The van der Waals surface area contributed by atoms with Crippen LogP contribution in [0.3, 0.4) is 0 Å². The Hall–Kier alpha value is -0.910. The Bertz CT molecular complexity index is 303. The molecule has 16 heavy (non-hydrogen) atoms. The first-order valence-electron chi connectivity index (χ1n) is 5.16. The highest BCUT2D eigenvalue weighted by molar-refractivity contribution is 6.29. The monoisotopic (exact) mass is 245 g/mol. The number of hydrogen-bond acceptors (Lipinski definition) is 5. The predicted octanol–water partition coefficient (Wildman–Crippen LogP) is 1.25. The Morgan fingerprint density at radius 1 is 1.44 bits per heavy atom. The quantitative estimate of drug-likeness (QED) is 0.559. The van der Waals surface area contributed by atoms with Gasteiger partial charge in [0, 0.05) is 19.2 Å². The van der Waals surface area contributed by atoms with Crippen molar-refractivity contribution >= 4 is 17.4 Å². The van der Waals surface area contributed by atoms with E-state index in [-0.39, 0.29) is 6.61 Å². The molecule has 5 nitrogen and oxygen atoms in total. The summed E-state index contributed by atoms with van der Waals surface area (Å²) in [7, 11) is 0. The summed E-state index contributed by atoms with van der Waals surface area (Å²) in [6.07, 6.45) is 0.848. The maximum atomic E-state index is 8.49. The van der Waals surface area contributed by atoms with E-state index in [2.05, 4.69) is 15.3 Å². The van der Waals surface area contributed by atoms with Crippen LogP contribution in [0.2, 0.25) is 5.15 Å². The van der Waals surface area contributed by atoms with Crippen LogP contribution in [0, 0.1) is 6.92 Å². The Morgan fingerprint density at radius 2 is 2.25 bits per heavy atom. The van der Waals surface area contributed by atoms with Crippen molar-refractivity contribution in [2.45, 2.75) is 13.3 Å². The summed E-state index contributed by atoms with van der Waals surface area (Å²) in [5.74, 6) is 1.37. The number of aromatic nitrogens is 2. The summed E-state index contributed by atoms with van der Waals surface area (Å²) < 4.78 is 5.12. The van der Waals surface area contributed by atoms with Gasteiger partial charge in [-0.3, -0.25) is 0 Å². The van der Waals surface area contributed by atoms with Crippen LogP contribution >= 0.6 is 11.6 Å². The van der Waals surface area contributed by atoms with Gasteiger partial charge < -0.3 is 15.2 Å². The fourth-order valence-corrected chi connectivity index (χ4v) is 1.40. The summed E-state index contributed by atoms with van der Waals surface area (Å²) in [4.78, 5) is 8.15.